The third-order valence-corrected chi connectivity index (χ3v) is 4.87. The molecule has 27 heavy (non-hydrogen) atoms. The van der Waals surface area contributed by atoms with Crippen LogP contribution in [-0.2, 0) is 24.3 Å². The van der Waals surface area contributed by atoms with Crippen LogP contribution >= 0.6 is 0 Å². The van der Waals surface area contributed by atoms with Crippen molar-refractivity contribution in [3.8, 4) is 5.75 Å². The van der Waals surface area contributed by atoms with Gasteiger partial charge in [-0.15, -0.1) is 0 Å². The van der Waals surface area contributed by atoms with Crippen LogP contribution in [0.1, 0.15) is 12.5 Å². The normalized spacial score (nSPS) is 10.8. The molecule has 144 valence electrons. The van der Waals surface area contributed by atoms with Crippen molar-refractivity contribution in [3.63, 3.8) is 0 Å². The molecule has 2 aromatic carbocycles. The monoisotopic (exact) mass is 392 g/mol. The van der Waals surface area contributed by atoms with Crippen LogP contribution in [0.4, 0.5) is 11.4 Å². The van der Waals surface area contributed by atoms with Crippen LogP contribution in [0.2, 0.25) is 0 Å². The highest BCUT2D eigenvalue weighted by Crippen LogP contribution is 2.24. The first-order chi connectivity index (χ1) is 12.7. The van der Waals surface area contributed by atoms with E-state index < -0.39 is 16.0 Å². The Morgan fingerprint density at radius 1 is 1.04 bits per heavy atom. The van der Waals surface area contributed by atoms with E-state index >= 15 is 0 Å². The molecule has 0 aliphatic rings. The molecule has 2 rings (SSSR count). The second kappa shape index (κ2) is 8.54. The van der Waals surface area contributed by atoms with E-state index in [0.29, 0.717) is 22.7 Å². The number of aryl methyl sites for hydroxylation is 1. The van der Waals surface area contributed by atoms with Gasteiger partial charge in [-0.3, -0.25) is 9.52 Å². The first-order valence-corrected chi connectivity index (χ1v) is 9.40. The fourth-order valence-corrected chi connectivity index (χ4v) is 3.33. The summed E-state index contributed by atoms with van der Waals surface area (Å²) in [5.41, 5.74) is 1.48. The first-order valence-electron chi connectivity index (χ1n) is 7.92. The maximum absolute atomic E-state index is 12.5. The summed E-state index contributed by atoms with van der Waals surface area (Å²) in [5, 5.41) is 2.60. The van der Waals surface area contributed by atoms with E-state index in [-0.39, 0.29) is 17.4 Å². The number of esters is 1. The molecule has 9 heteroatoms. The lowest BCUT2D eigenvalue weighted by Crippen LogP contribution is -2.15. The molecule has 0 aromatic heterocycles. The summed E-state index contributed by atoms with van der Waals surface area (Å²) in [4.78, 5) is 22.2. The Balaban J connectivity index is 2.13. The van der Waals surface area contributed by atoms with Gasteiger partial charge in [-0.05, 0) is 55.0 Å². The number of hydrogen-bond donors (Lipinski definition) is 2. The lowest BCUT2D eigenvalue weighted by molar-refractivity contribution is -0.142. The maximum atomic E-state index is 12.5. The Labute approximate surface area is 157 Å². The summed E-state index contributed by atoms with van der Waals surface area (Å²) in [6.45, 7) is 2.80. The van der Waals surface area contributed by atoms with E-state index in [1.807, 2.05) is 0 Å². The van der Waals surface area contributed by atoms with Crippen molar-refractivity contribution in [1.82, 2.24) is 0 Å². The number of rotatable bonds is 7. The summed E-state index contributed by atoms with van der Waals surface area (Å²) in [6, 6.07) is 10.6. The van der Waals surface area contributed by atoms with Crippen molar-refractivity contribution in [2.24, 2.45) is 0 Å². The van der Waals surface area contributed by atoms with Gasteiger partial charge in [0, 0.05) is 18.3 Å². The standard InChI is InChI=1S/C18H20N2O6S/c1-12-10-16(8-9-17(12)26-11-18(22)25-3)27(23,24)20-15-6-4-14(5-7-15)19-13(2)21/h4-10,20H,11H2,1-3H3,(H,19,21). The van der Waals surface area contributed by atoms with E-state index in [0.717, 1.165) is 0 Å². The van der Waals surface area contributed by atoms with Crippen molar-refractivity contribution in [2.75, 3.05) is 23.8 Å². The molecule has 2 N–H and O–H groups in total. The molecule has 1 amide bonds. The second-order valence-corrected chi connectivity index (χ2v) is 7.34. The van der Waals surface area contributed by atoms with Crippen molar-refractivity contribution in [1.29, 1.82) is 0 Å². The Hall–Kier alpha value is -3.07. The SMILES string of the molecule is COC(=O)COc1ccc(S(=O)(=O)Nc2ccc(NC(C)=O)cc2)cc1C. The topological polar surface area (TPSA) is 111 Å². The average molecular weight is 392 g/mol. The van der Waals surface area contributed by atoms with E-state index in [4.69, 9.17) is 4.74 Å². The van der Waals surface area contributed by atoms with Crippen molar-refractivity contribution >= 4 is 33.3 Å². The Kier molecular flexibility index (Phi) is 6.40. The summed E-state index contributed by atoms with van der Waals surface area (Å²) < 4.78 is 37.3. The van der Waals surface area contributed by atoms with Gasteiger partial charge in [0.05, 0.1) is 12.0 Å². The summed E-state index contributed by atoms with van der Waals surface area (Å²) in [7, 11) is -2.56. The second-order valence-electron chi connectivity index (χ2n) is 5.66. The number of amides is 1. The average Bonchev–Trinajstić information content (AvgIpc) is 2.61. The summed E-state index contributed by atoms with van der Waals surface area (Å²) >= 11 is 0. The van der Waals surface area contributed by atoms with Gasteiger partial charge in [0.15, 0.2) is 6.61 Å². The van der Waals surface area contributed by atoms with E-state index in [1.165, 1.54) is 32.2 Å². The Bertz CT molecular complexity index is 939. The molecule has 0 heterocycles. The largest absolute Gasteiger partial charge is 0.482 e. The summed E-state index contributed by atoms with van der Waals surface area (Å²) in [5.74, 6) is -0.359. The predicted octanol–water partition coefficient (Wildman–Crippen LogP) is 2.31. The minimum absolute atomic E-state index is 0.0522. The van der Waals surface area contributed by atoms with Crippen LogP contribution in [-0.4, -0.2) is 34.0 Å². The molecule has 0 atom stereocenters. The number of methoxy groups -OCH3 is 1. The lowest BCUT2D eigenvalue weighted by Gasteiger charge is -2.12. The highest BCUT2D eigenvalue weighted by atomic mass is 32.2. The zero-order chi connectivity index (χ0) is 20.0. The van der Waals surface area contributed by atoms with E-state index in [1.54, 1.807) is 31.2 Å². The van der Waals surface area contributed by atoms with Crippen LogP contribution in [0.25, 0.3) is 0 Å². The number of carbonyl (C=O) groups is 2. The van der Waals surface area contributed by atoms with E-state index in [9.17, 15) is 18.0 Å². The number of carbonyl (C=O) groups excluding carboxylic acids is 2. The van der Waals surface area contributed by atoms with Crippen LogP contribution < -0.4 is 14.8 Å². The van der Waals surface area contributed by atoms with Gasteiger partial charge >= 0.3 is 5.97 Å². The molecule has 0 aliphatic carbocycles. The van der Waals surface area contributed by atoms with Crippen molar-refractivity contribution < 1.29 is 27.5 Å². The van der Waals surface area contributed by atoms with Gasteiger partial charge in [-0.25, -0.2) is 13.2 Å². The van der Waals surface area contributed by atoms with Crippen molar-refractivity contribution in [3.05, 3.63) is 48.0 Å². The molecule has 0 saturated carbocycles. The molecule has 0 aliphatic heterocycles. The van der Waals surface area contributed by atoms with Gasteiger partial charge in [0.25, 0.3) is 10.0 Å². The van der Waals surface area contributed by atoms with Gasteiger partial charge < -0.3 is 14.8 Å². The molecule has 0 unspecified atom stereocenters. The van der Waals surface area contributed by atoms with Crippen LogP contribution in [0.5, 0.6) is 5.75 Å². The smallest absolute Gasteiger partial charge is 0.343 e. The zero-order valence-electron chi connectivity index (χ0n) is 15.1. The third-order valence-electron chi connectivity index (χ3n) is 3.49. The predicted molar refractivity (Wildman–Crippen MR) is 100 cm³/mol. The van der Waals surface area contributed by atoms with Crippen LogP contribution in [0.15, 0.2) is 47.4 Å². The zero-order valence-corrected chi connectivity index (χ0v) is 15.9. The first kappa shape index (κ1) is 20.2. The van der Waals surface area contributed by atoms with Gasteiger partial charge in [0.2, 0.25) is 5.91 Å². The number of benzene rings is 2. The van der Waals surface area contributed by atoms with Crippen LogP contribution in [0, 0.1) is 6.92 Å². The molecule has 0 spiro atoms. The number of nitrogens with one attached hydrogen (secondary N) is 2. The highest BCUT2D eigenvalue weighted by Gasteiger charge is 2.16. The number of anilines is 2. The molecule has 0 radical (unpaired) electrons. The van der Waals surface area contributed by atoms with Gasteiger partial charge in [-0.2, -0.15) is 0 Å². The Morgan fingerprint density at radius 2 is 1.67 bits per heavy atom. The molecule has 0 saturated heterocycles. The number of ether oxygens (including phenoxy) is 2. The van der Waals surface area contributed by atoms with Crippen LogP contribution in [0.3, 0.4) is 0 Å². The fraction of sp³-hybridized carbons (Fsp3) is 0.222. The van der Waals surface area contributed by atoms with Gasteiger partial charge in [-0.1, -0.05) is 0 Å². The third kappa shape index (κ3) is 5.71. The highest BCUT2D eigenvalue weighted by molar-refractivity contribution is 7.92. The molecule has 0 bridgehead atoms. The minimum Gasteiger partial charge on any atom is -0.482 e. The molecule has 2 aromatic rings. The summed E-state index contributed by atoms with van der Waals surface area (Å²) in [6.07, 6.45) is 0. The number of hydrogen-bond acceptors (Lipinski definition) is 6. The fourth-order valence-electron chi connectivity index (χ4n) is 2.19. The minimum atomic E-state index is -3.81. The molecule has 0 fully saturated rings. The molecule has 8 nitrogen and oxygen atoms in total. The van der Waals surface area contributed by atoms with Crippen molar-refractivity contribution in [2.45, 2.75) is 18.7 Å². The van der Waals surface area contributed by atoms with E-state index in [2.05, 4.69) is 14.8 Å². The number of sulfonamides is 1. The molecular weight excluding hydrogens is 372 g/mol. The lowest BCUT2D eigenvalue weighted by atomic mass is 10.2. The van der Waals surface area contributed by atoms with Gasteiger partial charge in [0.1, 0.15) is 5.75 Å². The maximum Gasteiger partial charge on any atom is 0.343 e. The Morgan fingerprint density at radius 3 is 2.22 bits per heavy atom. The quantitative estimate of drug-likeness (QED) is 0.700. The molecular formula is C18H20N2O6S.